The van der Waals surface area contributed by atoms with Crippen LogP contribution in [-0.4, -0.2) is 64.6 Å². The summed E-state index contributed by atoms with van der Waals surface area (Å²) in [6.07, 6.45) is 10.9. The van der Waals surface area contributed by atoms with Crippen LogP contribution >= 0.6 is 0 Å². The van der Waals surface area contributed by atoms with Gasteiger partial charge < -0.3 is 10.0 Å². The molecular weight excluding hydrogens is 338 g/mol. The van der Waals surface area contributed by atoms with Crippen LogP contribution < -0.4 is 0 Å². The number of piperidine rings is 2. The predicted molar refractivity (Wildman–Crippen MR) is 108 cm³/mol. The molecule has 0 saturated carbocycles. The minimum Gasteiger partial charge on any atom is -0.396 e. The van der Waals surface area contributed by atoms with Gasteiger partial charge in [0.1, 0.15) is 0 Å². The van der Waals surface area contributed by atoms with Crippen LogP contribution in [0.5, 0.6) is 0 Å². The number of aromatic nitrogens is 1. The predicted octanol–water partition coefficient (Wildman–Crippen LogP) is 3.12. The number of amides is 1. The quantitative estimate of drug-likeness (QED) is 0.808. The first-order chi connectivity index (χ1) is 13.0. The molecule has 1 aromatic rings. The van der Waals surface area contributed by atoms with Crippen molar-refractivity contribution in [2.45, 2.75) is 52.0 Å². The highest BCUT2D eigenvalue weighted by atomic mass is 16.3. The lowest BCUT2D eigenvalue weighted by atomic mass is 9.76. The maximum Gasteiger partial charge on any atom is 0.253 e. The molecule has 0 aromatic carbocycles. The number of hydrogen-bond donors (Lipinski definition) is 1. The lowest BCUT2D eigenvalue weighted by molar-refractivity contribution is -0.000548. The maximum atomic E-state index is 12.6. The Kier molecular flexibility index (Phi) is 6.66. The minimum absolute atomic E-state index is 0.000484. The van der Waals surface area contributed by atoms with Gasteiger partial charge in [0.05, 0.1) is 6.61 Å². The van der Waals surface area contributed by atoms with Gasteiger partial charge in [-0.1, -0.05) is 11.6 Å². The number of aliphatic hydroxyl groups is 1. The van der Waals surface area contributed by atoms with Gasteiger partial charge in [-0.3, -0.25) is 14.7 Å². The first-order valence-electron chi connectivity index (χ1n) is 10.2. The van der Waals surface area contributed by atoms with E-state index < -0.39 is 0 Å². The van der Waals surface area contributed by atoms with Crippen molar-refractivity contribution in [3.05, 3.63) is 41.7 Å². The topological polar surface area (TPSA) is 56.7 Å². The molecule has 0 spiro atoms. The fourth-order valence-electron chi connectivity index (χ4n) is 4.45. The molecule has 2 aliphatic heterocycles. The number of hydrogen-bond acceptors (Lipinski definition) is 4. The summed E-state index contributed by atoms with van der Waals surface area (Å²) in [5.41, 5.74) is 2.05. The van der Waals surface area contributed by atoms with Crippen molar-refractivity contribution in [1.29, 1.82) is 0 Å². The normalized spacial score (nSPS) is 24.6. The summed E-state index contributed by atoms with van der Waals surface area (Å²) in [5.74, 6) is 0.114. The second-order valence-electron chi connectivity index (χ2n) is 8.48. The second-order valence-corrected chi connectivity index (χ2v) is 8.48. The fourth-order valence-corrected chi connectivity index (χ4v) is 4.45. The second kappa shape index (κ2) is 8.98. The van der Waals surface area contributed by atoms with Gasteiger partial charge in [-0.05, 0) is 64.6 Å². The van der Waals surface area contributed by atoms with E-state index in [4.69, 9.17) is 0 Å². The Labute approximate surface area is 163 Å². The van der Waals surface area contributed by atoms with Gasteiger partial charge in [0.2, 0.25) is 0 Å². The summed E-state index contributed by atoms with van der Waals surface area (Å²) >= 11 is 0. The molecule has 1 N–H and O–H groups in total. The molecule has 5 heteroatoms. The molecule has 3 heterocycles. The van der Waals surface area contributed by atoms with E-state index in [2.05, 4.69) is 29.8 Å². The van der Waals surface area contributed by atoms with Crippen LogP contribution in [0.4, 0.5) is 0 Å². The van der Waals surface area contributed by atoms with E-state index >= 15 is 0 Å². The van der Waals surface area contributed by atoms with E-state index in [1.165, 1.54) is 5.57 Å². The zero-order valence-electron chi connectivity index (χ0n) is 16.7. The molecule has 1 aromatic heterocycles. The van der Waals surface area contributed by atoms with Gasteiger partial charge in [0, 0.05) is 49.0 Å². The maximum absolute atomic E-state index is 12.6. The number of nitrogens with zero attached hydrogens (tertiary/aromatic N) is 3. The summed E-state index contributed by atoms with van der Waals surface area (Å²) in [6.45, 7) is 8.20. The van der Waals surface area contributed by atoms with E-state index in [-0.39, 0.29) is 17.9 Å². The van der Waals surface area contributed by atoms with Crippen LogP contribution in [0.1, 0.15) is 56.3 Å². The Balaban J connectivity index is 1.57. The number of rotatable bonds is 5. The van der Waals surface area contributed by atoms with E-state index in [0.717, 1.165) is 63.8 Å². The van der Waals surface area contributed by atoms with Crippen molar-refractivity contribution in [1.82, 2.24) is 14.8 Å². The number of aliphatic hydroxyl groups excluding tert-OH is 1. The minimum atomic E-state index is -0.000484. The van der Waals surface area contributed by atoms with Crippen LogP contribution in [-0.2, 0) is 0 Å². The average molecular weight is 372 g/mol. The largest absolute Gasteiger partial charge is 0.396 e. The molecule has 0 unspecified atom stereocenters. The molecule has 0 bridgehead atoms. The summed E-state index contributed by atoms with van der Waals surface area (Å²) in [4.78, 5) is 21.2. The third-order valence-electron chi connectivity index (χ3n) is 6.17. The van der Waals surface area contributed by atoms with Gasteiger partial charge in [-0.25, -0.2) is 0 Å². The van der Waals surface area contributed by atoms with E-state index in [1.54, 1.807) is 24.5 Å². The van der Waals surface area contributed by atoms with E-state index in [1.807, 2.05) is 4.90 Å². The fraction of sp³-hybridized carbons (Fsp3) is 0.636. The highest BCUT2D eigenvalue weighted by Gasteiger charge is 2.37. The molecule has 0 aliphatic carbocycles. The van der Waals surface area contributed by atoms with Crippen molar-refractivity contribution in [2.75, 3.05) is 32.8 Å². The van der Waals surface area contributed by atoms with Gasteiger partial charge in [-0.15, -0.1) is 0 Å². The van der Waals surface area contributed by atoms with Gasteiger partial charge in [-0.2, -0.15) is 0 Å². The Hall–Kier alpha value is -1.72. The molecule has 1 amide bonds. The lowest BCUT2D eigenvalue weighted by Crippen LogP contribution is -2.53. The zero-order valence-corrected chi connectivity index (χ0v) is 16.7. The molecule has 27 heavy (non-hydrogen) atoms. The molecule has 2 saturated heterocycles. The number of pyridine rings is 1. The first kappa shape index (κ1) is 20.0. The molecule has 5 nitrogen and oxygen atoms in total. The van der Waals surface area contributed by atoms with Crippen molar-refractivity contribution >= 4 is 5.91 Å². The molecular formula is C22H33N3O2. The first-order valence-corrected chi connectivity index (χ1v) is 10.2. The monoisotopic (exact) mass is 371 g/mol. The van der Waals surface area contributed by atoms with Crippen LogP contribution in [0, 0.1) is 5.41 Å². The molecule has 0 radical (unpaired) electrons. The van der Waals surface area contributed by atoms with Gasteiger partial charge >= 0.3 is 0 Å². The number of allylic oxidation sites excluding steroid dienone is 2. The molecule has 3 rings (SSSR count). The van der Waals surface area contributed by atoms with Crippen molar-refractivity contribution in [3.8, 4) is 0 Å². The standard InChI is InChI=1S/C22H33N3O2/c1-18(2)4-10-22(17-26)9-3-13-25(16-22)20-7-14-24(15-8-20)21(27)19-5-11-23-12-6-19/h4-6,11-12,20,26H,3,7-10,13-17H2,1-2H3/t22-/m0/s1. The molecule has 1 atom stereocenters. The lowest BCUT2D eigenvalue weighted by Gasteiger charge is -2.47. The number of carbonyl (C=O) groups is 1. The molecule has 2 fully saturated rings. The Morgan fingerprint density at radius 1 is 1.26 bits per heavy atom. The third kappa shape index (κ3) is 4.96. The highest BCUT2D eigenvalue weighted by molar-refractivity contribution is 5.94. The SMILES string of the molecule is CC(C)=CC[C@@]1(CO)CCCN(C2CCN(C(=O)c3ccncc3)CC2)C1. The Morgan fingerprint density at radius 3 is 2.59 bits per heavy atom. The molecule has 2 aliphatic rings. The summed E-state index contributed by atoms with van der Waals surface area (Å²) in [7, 11) is 0. The summed E-state index contributed by atoms with van der Waals surface area (Å²) in [6, 6.07) is 4.10. The summed E-state index contributed by atoms with van der Waals surface area (Å²) in [5, 5.41) is 10.1. The van der Waals surface area contributed by atoms with Crippen LogP contribution in [0.25, 0.3) is 0 Å². The van der Waals surface area contributed by atoms with Gasteiger partial charge in [0.25, 0.3) is 5.91 Å². The van der Waals surface area contributed by atoms with Crippen molar-refractivity contribution in [2.24, 2.45) is 5.41 Å². The van der Waals surface area contributed by atoms with E-state index in [9.17, 15) is 9.90 Å². The smallest absolute Gasteiger partial charge is 0.253 e. The van der Waals surface area contributed by atoms with Crippen molar-refractivity contribution in [3.63, 3.8) is 0 Å². The molecule has 148 valence electrons. The van der Waals surface area contributed by atoms with Crippen molar-refractivity contribution < 1.29 is 9.90 Å². The number of likely N-dealkylation sites (tertiary alicyclic amines) is 2. The van der Waals surface area contributed by atoms with Crippen LogP contribution in [0.15, 0.2) is 36.2 Å². The van der Waals surface area contributed by atoms with E-state index in [0.29, 0.717) is 6.04 Å². The van der Waals surface area contributed by atoms with Gasteiger partial charge in [0.15, 0.2) is 0 Å². The van der Waals surface area contributed by atoms with Crippen LogP contribution in [0.2, 0.25) is 0 Å². The third-order valence-corrected chi connectivity index (χ3v) is 6.17. The Morgan fingerprint density at radius 2 is 1.96 bits per heavy atom. The average Bonchev–Trinajstić information content (AvgIpc) is 2.72. The van der Waals surface area contributed by atoms with Crippen LogP contribution in [0.3, 0.4) is 0 Å². The Bertz CT molecular complexity index is 649. The zero-order chi connectivity index (χ0) is 19.3. The highest BCUT2D eigenvalue weighted by Crippen LogP contribution is 2.36. The number of carbonyl (C=O) groups excluding carboxylic acids is 1. The summed E-state index contributed by atoms with van der Waals surface area (Å²) < 4.78 is 0.